The third-order valence-corrected chi connectivity index (χ3v) is 4.33. The van der Waals surface area contributed by atoms with Gasteiger partial charge in [-0.15, -0.1) is 34.2 Å². The Morgan fingerprint density at radius 1 is 1.31 bits per heavy atom. The second kappa shape index (κ2) is 12.9. The average Bonchev–Trinajstić information content (AvgIpc) is 3.26. The van der Waals surface area contributed by atoms with E-state index in [0.717, 1.165) is 50.7 Å². The summed E-state index contributed by atoms with van der Waals surface area (Å²) in [5.41, 5.74) is 0. The molecule has 1 saturated carbocycles. The van der Waals surface area contributed by atoms with Gasteiger partial charge < -0.3 is 20.5 Å². The average molecular weight is 477 g/mol. The van der Waals surface area contributed by atoms with Crippen LogP contribution in [-0.2, 0) is 17.8 Å². The van der Waals surface area contributed by atoms with Crippen LogP contribution in [0.15, 0.2) is 11.3 Å². The van der Waals surface area contributed by atoms with Crippen molar-refractivity contribution in [1.29, 1.82) is 0 Å². The molecule has 148 valence electrons. The number of guanidine groups is 1. The number of aryl methyl sites for hydroxylation is 1. The summed E-state index contributed by atoms with van der Waals surface area (Å²) in [6.07, 6.45) is 7.72. The van der Waals surface area contributed by atoms with E-state index in [-0.39, 0.29) is 29.9 Å². The second-order valence-electron chi connectivity index (χ2n) is 6.28. The zero-order valence-electron chi connectivity index (χ0n) is 15.8. The molecule has 0 bridgehead atoms. The molecule has 1 aromatic heterocycles. The minimum absolute atomic E-state index is 0. The van der Waals surface area contributed by atoms with Crippen LogP contribution in [0.1, 0.15) is 51.8 Å². The van der Waals surface area contributed by atoms with Gasteiger partial charge in [0.2, 0.25) is 5.91 Å². The Hall–Kier alpha value is -1.39. The van der Waals surface area contributed by atoms with Gasteiger partial charge >= 0.3 is 0 Å². The number of aliphatic imine (C=N–C) groups is 1. The van der Waals surface area contributed by atoms with E-state index >= 15 is 0 Å². The van der Waals surface area contributed by atoms with E-state index < -0.39 is 0 Å². The molecule has 0 radical (unpaired) electrons. The minimum Gasteiger partial charge on any atom is -0.357 e. The second-order valence-corrected chi connectivity index (χ2v) is 6.28. The molecule has 1 amide bonds. The molecule has 0 spiro atoms. The fourth-order valence-corrected chi connectivity index (χ4v) is 3.02. The van der Waals surface area contributed by atoms with Crippen LogP contribution in [0.4, 0.5) is 0 Å². The first-order chi connectivity index (χ1) is 12.2. The number of rotatable bonds is 9. The lowest BCUT2D eigenvalue weighted by Gasteiger charge is -2.13. The molecule has 1 aromatic rings. The van der Waals surface area contributed by atoms with Crippen LogP contribution in [0.5, 0.6) is 0 Å². The Bertz CT molecular complexity index is 555. The summed E-state index contributed by atoms with van der Waals surface area (Å²) >= 11 is 0. The van der Waals surface area contributed by atoms with E-state index in [0.29, 0.717) is 19.0 Å². The van der Waals surface area contributed by atoms with Gasteiger partial charge in [0.1, 0.15) is 12.2 Å². The summed E-state index contributed by atoms with van der Waals surface area (Å²) < 4.78 is 2.03. The molecule has 0 aliphatic heterocycles. The molecule has 0 aromatic carbocycles. The standard InChI is InChI=1S/C17H31N7O.HI/c1-3-15-23-21-13-24(15)12-11-20-17(18-4-2)19-10-9-16(25)22-14-7-5-6-8-14;/h13-14H,3-12H2,1-2H3,(H,22,25)(H2,18,19,20);1H. The fraction of sp³-hybridized carbons (Fsp3) is 0.765. The Morgan fingerprint density at radius 2 is 2.08 bits per heavy atom. The lowest BCUT2D eigenvalue weighted by molar-refractivity contribution is -0.121. The van der Waals surface area contributed by atoms with Crippen molar-refractivity contribution in [2.45, 2.75) is 65.0 Å². The highest BCUT2D eigenvalue weighted by atomic mass is 127. The first kappa shape index (κ1) is 22.7. The largest absolute Gasteiger partial charge is 0.357 e. The van der Waals surface area contributed by atoms with Gasteiger partial charge in [0.25, 0.3) is 0 Å². The van der Waals surface area contributed by atoms with Crippen LogP contribution >= 0.6 is 24.0 Å². The molecule has 26 heavy (non-hydrogen) atoms. The van der Waals surface area contributed by atoms with Crippen molar-refractivity contribution in [2.24, 2.45) is 4.99 Å². The number of hydrogen-bond donors (Lipinski definition) is 3. The van der Waals surface area contributed by atoms with E-state index in [9.17, 15) is 4.79 Å². The third kappa shape index (κ3) is 7.88. The highest BCUT2D eigenvalue weighted by Crippen LogP contribution is 2.17. The van der Waals surface area contributed by atoms with Crippen molar-refractivity contribution >= 4 is 35.8 Å². The number of carbonyl (C=O) groups is 1. The maximum Gasteiger partial charge on any atom is 0.222 e. The van der Waals surface area contributed by atoms with Crippen LogP contribution in [0.25, 0.3) is 0 Å². The molecular formula is C17H32IN7O. The first-order valence-electron chi connectivity index (χ1n) is 9.41. The summed E-state index contributed by atoms with van der Waals surface area (Å²) in [5, 5.41) is 17.6. The van der Waals surface area contributed by atoms with Crippen molar-refractivity contribution in [3.63, 3.8) is 0 Å². The summed E-state index contributed by atoms with van der Waals surface area (Å²) in [6.45, 7) is 6.87. The number of aromatic nitrogens is 3. The molecule has 9 heteroatoms. The van der Waals surface area contributed by atoms with E-state index in [1.165, 1.54) is 12.8 Å². The summed E-state index contributed by atoms with van der Waals surface area (Å²) in [4.78, 5) is 16.4. The van der Waals surface area contributed by atoms with E-state index in [4.69, 9.17) is 0 Å². The molecule has 8 nitrogen and oxygen atoms in total. The topological polar surface area (TPSA) is 96.2 Å². The zero-order valence-corrected chi connectivity index (χ0v) is 18.2. The molecular weight excluding hydrogens is 445 g/mol. The SMILES string of the molecule is CCNC(=NCCC(=O)NC1CCCC1)NCCn1cnnc1CC.I. The third-order valence-electron chi connectivity index (χ3n) is 4.33. The van der Waals surface area contributed by atoms with Crippen molar-refractivity contribution in [1.82, 2.24) is 30.7 Å². The predicted molar refractivity (Wildman–Crippen MR) is 114 cm³/mol. The number of nitrogens with zero attached hydrogens (tertiary/aromatic N) is 4. The van der Waals surface area contributed by atoms with Crippen LogP contribution in [0.2, 0.25) is 0 Å². The Kier molecular flexibility index (Phi) is 11.2. The first-order valence-corrected chi connectivity index (χ1v) is 9.41. The van der Waals surface area contributed by atoms with Crippen molar-refractivity contribution < 1.29 is 4.79 Å². The Balaban J connectivity index is 0.00000338. The number of nitrogens with one attached hydrogen (secondary N) is 3. The zero-order chi connectivity index (χ0) is 17.9. The molecule has 1 heterocycles. The maximum atomic E-state index is 11.9. The van der Waals surface area contributed by atoms with E-state index in [1.54, 1.807) is 6.33 Å². The van der Waals surface area contributed by atoms with Crippen LogP contribution < -0.4 is 16.0 Å². The number of carbonyl (C=O) groups excluding carboxylic acids is 1. The van der Waals surface area contributed by atoms with Crippen LogP contribution in [0, 0.1) is 0 Å². The molecule has 0 atom stereocenters. The van der Waals surface area contributed by atoms with Crippen LogP contribution in [0.3, 0.4) is 0 Å². The highest BCUT2D eigenvalue weighted by Gasteiger charge is 2.16. The van der Waals surface area contributed by atoms with Gasteiger partial charge in [0.15, 0.2) is 5.96 Å². The molecule has 3 N–H and O–H groups in total. The number of halogens is 1. The smallest absolute Gasteiger partial charge is 0.222 e. The molecule has 1 aliphatic carbocycles. The monoisotopic (exact) mass is 477 g/mol. The van der Waals surface area contributed by atoms with Gasteiger partial charge in [0.05, 0.1) is 6.54 Å². The Labute approximate surface area is 173 Å². The molecule has 0 unspecified atom stereocenters. The lowest BCUT2D eigenvalue weighted by atomic mass is 10.2. The van der Waals surface area contributed by atoms with Gasteiger partial charge in [-0.3, -0.25) is 9.79 Å². The molecule has 0 saturated heterocycles. The minimum atomic E-state index is 0. The summed E-state index contributed by atoms with van der Waals surface area (Å²) in [6, 6.07) is 0.374. The van der Waals surface area contributed by atoms with Gasteiger partial charge in [0, 0.05) is 38.5 Å². The maximum absolute atomic E-state index is 11.9. The summed E-state index contributed by atoms with van der Waals surface area (Å²) in [5.74, 6) is 1.82. The predicted octanol–water partition coefficient (Wildman–Crippen LogP) is 1.46. The van der Waals surface area contributed by atoms with Crippen molar-refractivity contribution in [2.75, 3.05) is 19.6 Å². The summed E-state index contributed by atoms with van der Waals surface area (Å²) in [7, 11) is 0. The van der Waals surface area contributed by atoms with Gasteiger partial charge in [-0.05, 0) is 19.8 Å². The van der Waals surface area contributed by atoms with Gasteiger partial charge in [-0.1, -0.05) is 19.8 Å². The van der Waals surface area contributed by atoms with Crippen LogP contribution in [-0.4, -0.2) is 52.3 Å². The lowest BCUT2D eigenvalue weighted by Crippen LogP contribution is -2.39. The fourth-order valence-electron chi connectivity index (χ4n) is 3.02. The van der Waals surface area contributed by atoms with Crippen molar-refractivity contribution in [3.8, 4) is 0 Å². The normalized spacial score (nSPS) is 14.8. The van der Waals surface area contributed by atoms with Gasteiger partial charge in [-0.2, -0.15) is 0 Å². The van der Waals surface area contributed by atoms with Crippen molar-refractivity contribution in [3.05, 3.63) is 12.2 Å². The van der Waals surface area contributed by atoms with E-state index in [1.807, 2.05) is 11.5 Å². The van der Waals surface area contributed by atoms with Gasteiger partial charge in [-0.25, -0.2) is 0 Å². The highest BCUT2D eigenvalue weighted by molar-refractivity contribution is 14.0. The number of amides is 1. The van der Waals surface area contributed by atoms with E-state index in [2.05, 4.69) is 38.1 Å². The molecule has 1 aliphatic rings. The molecule has 1 fully saturated rings. The number of hydrogen-bond acceptors (Lipinski definition) is 4. The quantitative estimate of drug-likeness (QED) is 0.285. The Morgan fingerprint density at radius 3 is 2.77 bits per heavy atom. The molecule has 2 rings (SSSR count).